The van der Waals surface area contributed by atoms with Crippen LogP contribution in [0.1, 0.15) is 17.9 Å². The van der Waals surface area contributed by atoms with Gasteiger partial charge in [-0.05, 0) is 29.8 Å². The van der Waals surface area contributed by atoms with Crippen molar-refractivity contribution in [3.63, 3.8) is 0 Å². The average Bonchev–Trinajstić information content (AvgIpc) is 2.67. The zero-order chi connectivity index (χ0) is 18.5. The number of rotatable bonds is 6. The lowest BCUT2D eigenvalue weighted by molar-refractivity contribution is -0.141. The number of carbonyl (C=O) groups excluding carboxylic acids is 1. The molecule has 0 amide bonds. The van der Waals surface area contributed by atoms with E-state index >= 15 is 0 Å². The Labute approximate surface area is 153 Å². The first-order chi connectivity index (χ1) is 12.6. The number of benzene rings is 2. The number of methoxy groups -OCH3 is 2. The van der Waals surface area contributed by atoms with Crippen molar-refractivity contribution in [1.29, 1.82) is 0 Å². The van der Waals surface area contributed by atoms with E-state index in [1.54, 1.807) is 7.11 Å². The summed E-state index contributed by atoms with van der Waals surface area (Å²) in [7, 11) is 3.01. The number of nitrogens with zero attached hydrogens (tertiary/aromatic N) is 1. The summed E-state index contributed by atoms with van der Waals surface area (Å²) in [4.78, 5) is 13.8. The van der Waals surface area contributed by atoms with Crippen LogP contribution in [-0.4, -0.2) is 39.9 Å². The summed E-state index contributed by atoms with van der Waals surface area (Å²) in [6, 6.07) is 13.8. The number of anilines is 3. The molecule has 1 aliphatic rings. The molecule has 0 saturated heterocycles. The lowest BCUT2D eigenvalue weighted by atomic mass is 9.95. The van der Waals surface area contributed by atoms with Gasteiger partial charge in [-0.15, -0.1) is 0 Å². The van der Waals surface area contributed by atoms with Crippen molar-refractivity contribution in [2.45, 2.75) is 12.3 Å². The number of esters is 1. The van der Waals surface area contributed by atoms with E-state index in [0.717, 1.165) is 29.2 Å². The second-order valence-electron chi connectivity index (χ2n) is 6.22. The number of nitrogens with two attached hydrogens (primary N) is 1. The van der Waals surface area contributed by atoms with Crippen molar-refractivity contribution in [1.82, 2.24) is 0 Å². The molecule has 26 heavy (non-hydrogen) atoms. The summed E-state index contributed by atoms with van der Waals surface area (Å²) < 4.78 is 15.8. The van der Waals surface area contributed by atoms with Crippen LogP contribution in [0, 0.1) is 0 Å². The number of carbonyl (C=O) groups is 1. The second-order valence-corrected chi connectivity index (χ2v) is 6.22. The highest BCUT2D eigenvalue weighted by Crippen LogP contribution is 2.39. The Hall–Kier alpha value is -2.73. The smallest absolute Gasteiger partial charge is 0.306 e. The van der Waals surface area contributed by atoms with Crippen molar-refractivity contribution >= 4 is 23.0 Å². The van der Waals surface area contributed by atoms with E-state index in [1.165, 1.54) is 7.11 Å². The fourth-order valence-electron chi connectivity index (χ4n) is 3.25. The van der Waals surface area contributed by atoms with Crippen LogP contribution in [0.15, 0.2) is 42.5 Å². The summed E-state index contributed by atoms with van der Waals surface area (Å²) in [6.07, 6.45) is 0.253. The molecule has 2 aromatic carbocycles. The molecule has 2 aromatic rings. The predicted octanol–water partition coefficient (Wildman–Crippen LogP) is 3.09. The largest absolute Gasteiger partial charge is 0.490 e. The number of hydrogen-bond donors (Lipinski definition) is 1. The van der Waals surface area contributed by atoms with E-state index in [4.69, 9.17) is 19.9 Å². The highest BCUT2D eigenvalue weighted by molar-refractivity contribution is 5.79. The Morgan fingerprint density at radius 3 is 2.77 bits per heavy atom. The minimum Gasteiger partial charge on any atom is -0.490 e. The Morgan fingerprint density at radius 1 is 1.23 bits per heavy atom. The SMILES string of the molecule is COC[C@H](CC(=O)OC)c1ccc(N2CCOc3ccccc32)c(N)c1. The average molecular weight is 356 g/mol. The lowest BCUT2D eigenvalue weighted by Crippen LogP contribution is -2.29. The normalized spacial score (nSPS) is 14.3. The van der Waals surface area contributed by atoms with Crippen LogP contribution in [0.5, 0.6) is 5.75 Å². The van der Waals surface area contributed by atoms with Gasteiger partial charge in [0.25, 0.3) is 0 Å². The van der Waals surface area contributed by atoms with Crippen LogP contribution < -0.4 is 15.4 Å². The third-order valence-corrected chi connectivity index (χ3v) is 4.55. The topological polar surface area (TPSA) is 74.0 Å². The summed E-state index contributed by atoms with van der Waals surface area (Å²) in [5.41, 5.74) is 9.91. The summed E-state index contributed by atoms with van der Waals surface area (Å²) in [6.45, 7) is 1.76. The molecule has 0 unspecified atom stereocenters. The lowest BCUT2D eigenvalue weighted by Gasteiger charge is -2.32. The van der Waals surface area contributed by atoms with Crippen LogP contribution in [0.25, 0.3) is 0 Å². The maximum atomic E-state index is 11.7. The van der Waals surface area contributed by atoms with Crippen LogP contribution in [0.2, 0.25) is 0 Å². The van der Waals surface area contributed by atoms with Crippen molar-refractivity contribution in [3.8, 4) is 5.75 Å². The van der Waals surface area contributed by atoms with Crippen molar-refractivity contribution in [2.75, 3.05) is 44.6 Å². The van der Waals surface area contributed by atoms with Gasteiger partial charge in [-0.2, -0.15) is 0 Å². The van der Waals surface area contributed by atoms with Crippen LogP contribution in [-0.2, 0) is 14.3 Å². The molecule has 3 rings (SSSR count). The van der Waals surface area contributed by atoms with Crippen molar-refractivity contribution in [3.05, 3.63) is 48.0 Å². The highest BCUT2D eigenvalue weighted by atomic mass is 16.5. The van der Waals surface area contributed by atoms with Crippen LogP contribution in [0.4, 0.5) is 17.1 Å². The van der Waals surface area contributed by atoms with Gasteiger partial charge in [0.05, 0.1) is 43.7 Å². The van der Waals surface area contributed by atoms with Crippen LogP contribution in [0.3, 0.4) is 0 Å². The molecule has 6 nitrogen and oxygen atoms in total. The first-order valence-corrected chi connectivity index (χ1v) is 8.58. The number of ether oxygens (including phenoxy) is 3. The van der Waals surface area contributed by atoms with Crippen LogP contribution >= 0.6 is 0 Å². The molecule has 6 heteroatoms. The molecule has 0 spiro atoms. The van der Waals surface area contributed by atoms with E-state index in [9.17, 15) is 4.79 Å². The first-order valence-electron chi connectivity index (χ1n) is 8.58. The third kappa shape index (κ3) is 3.75. The predicted molar refractivity (Wildman–Crippen MR) is 101 cm³/mol. The molecule has 0 fully saturated rings. The first kappa shape index (κ1) is 18.1. The molecule has 0 radical (unpaired) electrons. The fraction of sp³-hybridized carbons (Fsp3) is 0.350. The highest BCUT2D eigenvalue weighted by Gasteiger charge is 2.22. The Balaban J connectivity index is 1.89. The number of fused-ring (bicyclic) bond motifs is 1. The molecule has 0 saturated carbocycles. The molecule has 1 aliphatic heterocycles. The summed E-state index contributed by atoms with van der Waals surface area (Å²) >= 11 is 0. The molecule has 2 N–H and O–H groups in total. The summed E-state index contributed by atoms with van der Waals surface area (Å²) in [5.74, 6) is 0.489. The standard InChI is InChI=1S/C20H24N2O4/c1-24-13-15(12-20(23)25-2)14-7-8-17(16(21)11-14)22-9-10-26-19-6-4-3-5-18(19)22/h3-8,11,15H,9-10,12-13,21H2,1-2H3/t15-/m0/s1. The van der Waals surface area contributed by atoms with Crippen molar-refractivity contribution < 1.29 is 19.0 Å². The Bertz CT molecular complexity index is 778. The second kappa shape index (κ2) is 8.10. The van der Waals surface area contributed by atoms with Gasteiger partial charge in [-0.25, -0.2) is 0 Å². The zero-order valence-electron chi connectivity index (χ0n) is 15.1. The van der Waals surface area contributed by atoms with Crippen molar-refractivity contribution in [2.24, 2.45) is 0 Å². The van der Waals surface area contributed by atoms with Gasteiger partial charge in [-0.1, -0.05) is 18.2 Å². The van der Waals surface area contributed by atoms with Gasteiger partial charge < -0.3 is 24.8 Å². The fourth-order valence-corrected chi connectivity index (χ4v) is 3.25. The maximum Gasteiger partial charge on any atom is 0.306 e. The van der Waals surface area contributed by atoms with Gasteiger partial charge in [-0.3, -0.25) is 4.79 Å². The number of nitrogen functional groups attached to an aromatic ring is 1. The molecule has 0 aromatic heterocycles. The molecule has 138 valence electrons. The molecular formula is C20H24N2O4. The molecule has 1 atom stereocenters. The zero-order valence-corrected chi connectivity index (χ0v) is 15.1. The van der Waals surface area contributed by atoms with Gasteiger partial charge in [0.15, 0.2) is 0 Å². The quantitative estimate of drug-likeness (QED) is 0.633. The number of para-hydroxylation sites is 2. The maximum absolute atomic E-state index is 11.7. The van der Waals surface area contributed by atoms with Gasteiger partial charge in [0.1, 0.15) is 12.4 Å². The summed E-state index contributed by atoms with van der Waals surface area (Å²) in [5, 5.41) is 0. The van der Waals surface area contributed by atoms with Gasteiger partial charge in [0, 0.05) is 13.0 Å². The molecule has 1 heterocycles. The van der Waals surface area contributed by atoms with Gasteiger partial charge in [0.2, 0.25) is 0 Å². The number of hydrogen-bond acceptors (Lipinski definition) is 6. The Morgan fingerprint density at radius 2 is 2.04 bits per heavy atom. The molecule has 0 bridgehead atoms. The third-order valence-electron chi connectivity index (χ3n) is 4.55. The monoisotopic (exact) mass is 356 g/mol. The van der Waals surface area contributed by atoms with E-state index in [-0.39, 0.29) is 18.3 Å². The van der Waals surface area contributed by atoms with E-state index in [2.05, 4.69) is 4.90 Å². The molecule has 0 aliphatic carbocycles. The minimum absolute atomic E-state index is 0.0965. The molecular weight excluding hydrogens is 332 g/mol. The van der Waals surface area contributed by atoms with Gasteiger partial charge >= 0.3 is 5.97 Å². The van der Waals surface area contributed by atoms with E-state index < -0.39 is 0 Å². The Kier molecular flexibility index (Phi) is 5.63. The minimum atomic E-state index is -0.267. The van der Waals surface area contributed by atoms with E-state index in [0.29, 0.717) is 18.9 Å². The van der Waals surface area contributed by atoms with E-state index in [1.807, 2.05) is 42.5 Å².